The van der Waals surface area contributed by atoms with Gasteiger partial charge in [-0.2, -0.15) is 0 Å². The van der Waals surface area contributed by atoms with Crippen LogP contribution in [0.25, 0.3) is 11.2 Å². The minimum atomic E-state index is -1.16. The molecule has 10 nitrogen and oxygen atoms in total. The molecule has 7 N–H and O–H groups in total. The predicted molar refractivity (Wildman–Crippen MR) is 80.0 cm³/mol. The molecule has 0 saturated carbocycles. The van der Waals surface area contributed by atoms with Gasteiger partial charge in [0.15, 0.2) is 17.7 Å². The number of nitrogen functional groups attached to an aromatic ring is 1. The Balaban J connectivity index is 1.84. The van der Waals surface area contributed by atoms with Crippen LogP contribution in [0.3, 0.4) is 0 Å². The molecule has 0 spiro atoms. The molecule has 3 heterocycles. The lowest BCUT2D eigenvalue weighted by atomic mass is 10.0. The lowest BCUT2D eigenvalue weighted by Gasteiger charge is -2.18. The molecule has 1 aliphatic rings. The number of aliphatic hydroxyl groups excluding tert-OH is 3. The number of imidazole rings is 1. The van der Waals surface area contributed by atoms with Crippen LogP contribution in [-0.2, 0) is 4.74 Å². The van der Waals surface area contributed by atoms with Gasteiger partial charge in [0.05, 0.1) is 12.4 Å². The fraction of sp³-hybridized carbons (Fsp3) is 0.615. The number of hydrogen-bond donors (Lipinski definition) is 5. The first-order valence-corrected chi connectivity index (χ1v) is 7.34. The molecule has 1 aliphatic heterocycles. The summed E-state index contributed by atoms with van der Waals surface area (Å²) in [6, 6.07) is -0.330. The first kappa shape index (κ1) is 16.0. The summed E-state index contributed by atoms with van der Waals surface area (Å²) in [6.07, 6.45) is -0.307. The van der Waals surface area contributed by atoms with E-state index in [4.69, 9.17) is 21.3 Å². The summed E-state index contributed by atoms with van der Waals surface area (Å²) in [5, 5.41) is 29.4. The highest BCUT2D eigenvalue weighted by atomic mass is 16.6. The SMILES string of the molecule is Nc1ncnc2c1ncn2C1OC(CC(N)CCO)C(O)C1O. The maximum atomic E-state index is 10.3. The van der Waals surface area contributed by atoms with Gasteiger partial charge in [0, 0.05) is 12.6 Å². The largest absolute Gasteiger partial charge is 0.396 e. The van der Waals surface area contributed by atoms with Gasteiger partial charge in [-0.15, -0.1) is 0 Å². The molecule has 126 valence electrons. The van der Waals surface area contributed by atoms with E-state index in [2.05, 4.69) is 15.0 Å². The average Bonchev–Trinajstić information content (AvgIpc) is 3.05. The Kier molecular flexibility index (Phi) is 4.41. The first-order chi connectivity index (χ1) is 11.0. The van der Waals surface area contributed by atoms with Gasteiger partial charge >= 0.3 is 0 Å². The Morgan fingerprint density at radius 2 is 2.04 bits per heavy atom. The van der Waals surface area contributed by atoms with Crippen molar-refractivity contribution in [3.8, 4) is 0 Å². The van der Waals surface area contributed by atoms with E-state index in [1.54, 1.807) is 0 Å². The van der Waals surface area contributed by atoms with Crippen molar-refractivity contribution in [2.24, 2.45) is 5.73 Å². The Hall–Kier alpha value is -1.85. The normalized spacial score (nSPS) is 29.2. The highest BCUT2D eigenvalue weighted by molar-refractivity contribution is 5.81. The summed E-state index contributed by atoms with van der Waals surface area (Å²) in [7, 11) is 0. The van der Waals surface area contributed by atoms with Gasteiger partial charge in [0.2, 0.25) is 0 Å². The molecule has 0 bridgehead atoms. The monoisotopic (exact) mass is 324 g/mol. The van der Waals surface area contributed by atoms with Crippen molar-refractivity contribution in [1.29, 1.82) is 0 Å². The van der Waals surface area contributed by atoms with Gasteiger partial charge in [-0.1, -0.05) is 0 Å². The summed E-state index contributed by atoms with van der Waals surface area (Å²) < 4.78 is 7.27. The van der Waals surface area contributed by atoms with Crippen LogP contribution in [0.15, 0.2) is 12.7 Å². The smallest absolute Gasteiger partial charge is 0.167 e. The summed E-state index contributed by atoms with van der Waals surface area (Å²) in [5.41, 5.74) is 12.4. The van der Waals surface area contributed by atoms with Gasteiger partial charge in [-0.25, -0.2) is 15.0 Å². The number of anilines is 1. The highest BCUT2D eigenvalue weighted by Crippen LogP contribution is 2.33. The standard InChI is InChI=1S/C13H20N6O4/c14-6(1-2-20)3-7-9(21)10(22)13(23-7)19-5-18-8-11(15)16-4-17-12(8)19/h4-7,9-10,13,20-22H,1-3,14H2,(H2,15,16,17). The van der Waals surface area contributed by atoms with Crippen LogP contribution in [-0.4, -0.2) is 65.8 Å². The number of aromatic nitrogens is 4. The zero-order valence-electron chi connectivity index (χ0n) is 12.4. The van der Waals surface area contributed by atoms with Gasteiger partial charge in [-0.05, 0) is 12.8 Å². The zero-order chi connectivity index (χ0) is 16.6. The summed E-state index contributed by atoms with van der Waals surface area (Å²) >= 11 is 0. The molecule has 0 radical (unpaired) electrons. The average molecular weight is 324 g/mol. The van der Waals surface area contributed by atoms with Crippen molar-refractivity contribution in [2.75, 3.05) is 12.3 Å². The summed E-state index contributed by atoms with van der Waals surface area (Å²) in [5.74, 6) is 0.225. The number of ether oxygens (including phenoxy) is 1. The van der Waals surface area contributed by atoms with E-state index in [1.165, 1.54) is 17.2 Å². The molecule has 23 heavy (non-hydrogen) atoms. The third-order valence-electron chi connectivity index (χ3n) is 4.03. The third kappa shape index (κ3) is 2.86. The minimum Gasteiger partial charge on any atom is -0.396 e. The number of nitrogens with two attached hydrogens (primary N) is 2. The third-order valence-corrected chi connectivity index (χ3v) is 4.03. The van der Waals surface area contributed by atoms with Crippen molar-refractivity contribution in [2.45, 2.75) is 43.4 Å². The van der Waals surface area contributed by atoms with E-state index in [0.717, 1.165) is 0 Å². The molecule has 2 aromatic heterocycles. The van der Waals surface area contributed by atoms with Crippen molar-refractivity contribution >= 4 is 17.0 Å². The molecule has 1 saturated heterocycles. The molecular weight excluding hydrogens is 304 g/mol. The van der Waals surface area contributed by atoms with Gasteiger partial charge in [-0.3, -0.25) is 4.57 Å². The Morgan fingerprint density at radius 1 is 1.26 bits per heavy atom. The van der Waals surface area contributed by atoms with Crippen molar-refractivity contribution < 1.29 is 20.1 Å². The number of nitrogens with zero attached hydrogens (tertiary/aromatic N) is 4. The molecule has 5 unspecified atom stereocenters. The van der Waals surface area contributed by atoms with Crippen LogP contribution in [0.2, 0.25) is 0 Å². The second kappa shape index (κ2) is 6.34. The van der Waals surface area contributed by atoms with Crippen molar-refractivity contribution in [3.63, 3.8) is 0 Å². The van der Waals surface area contributed by atoms with Gasteiger partial charge in [0.1, 0.15) is 24.1 Å². The fourth-order valence-electron chi connectivity index (χ4n) is 2.79. The second-order valence-electron chi connectivity index (χ2n) is 5.64. The zero-order valence-corrected chi connectivity index (χ0v) is 12.4. The van der Waals surface area contributed by atoms with Crippen LogP contribution in [0.1, 0.15) is 19.1 Å². The van der Waals surface area contributed by atoms with E-state index in [9.17, 15) is 10.2 Å². The van der Waals surface area contributed by atoms with Crippen LogP contribution >= 0.6 is 0 Å². The maximum absolute atomic E-state index is 10.3. The molecule has 0 aliphatic carbocycles. The molecule has 3 rings (SSSR count). The number of hydrogen-bond acceptors (Lipinski definition) is 9. The second-order valence-corrected chi connectivity index (χ2v) is 5.64. The molecule has 1 fully saturated rings. The molecule has 5 atom stereocenters. The molecule has 10 heteroatoms. The first-order valence-electron chi connectivity index (χ1n) is 7.34. The maximum Gasteiger partial charge on any atom is 0.167 e. The Bertz CT molecular complexity index is 680. The quantitative estimate of drug-likeness (QED) is 0.423. The molecule has 2 aromatic rings. The molecule has 0 aromatic carbocycles. The molecule has 0 amide bonds. The number of fused-ring (bicyclic) bond motifs is 1. The lowest BCUT2D eigenvalue weighted by Crippen LogP contribution is -2.35. The minimum absolute atomic E-state index is 0.0433. The van der Waals surface area contributed by atoms with E-state index >= 15 is 0 Å². The lowest BCUT2D eigenvalue weighted by molar-refractivity contribution is -0.0389. The van der Waals surface area contributed by atoms with E-state index in [0.29, 0.717) is 24.0 Å². The summed E-state index contributed by atoms with van der Waals surface area (Å²) in [6.45, 7) is -0.0433. The van der Waals surface area contributed by atoms with E-state index in [-0.39, 0.29) is 18.5 Å². The van der Waals surface area contributed by atoms with E-state index in [1.807, 2.05) is 0 Å². The highest BCUT2D eigenvalue weighted by Gasteiger charge is 2.44. The topological polar surface area (TPSA) is 166 Å². The van der Waals surface area contributed by atoms with Crippen LogP contribution < -0.4 is 11.5 Å². The Labute approximate surface area is 131 Å². The number of rotatable bonds is 5. The predicted octanol–water partition coefficient (Wildman–Crippen LogP) is -1.87. The van der Waals surface area contributed by atoms with Crippen LogP contribution in [0.5, 0.6) is 0 Å². The summed E-state index contributed by atoms with van der Waals surface area (Å²) in [4.78, 5) is 12.1. The van der Waals surface area contributed by atoms with Gasteiger partial charge in [0.25, 0.3) is 0 Å². The van der Waals surface area contributed by atoms with E-state index < -0.39 is 24.5 Å². The molecular formula is C13H20N6O4. The van der Waals surface area contributed by atoms with Crippen LogP contribution in [0.4, 0.5) is 5.82 Å². The van der Waals surface area contributed by atoms with Crippen LogP contribution in [0, 0.1) is 0 Å². The Morgan fingerprint density at radius 3 is 2.78 bits per heavy atom. The number of aliphatic hydroxyl groups is 3. The fourth-order valence-corrected chi connectivity index (χ4v) is 2.79. The van der Waals surface area contributed by atoms with Crippen molar-refractivity contribution in [3.05, 3.63) is 12.7 Å². The van der Waals surface area contributed by atoms with Crippen molar-refractivity contribution in [1.82, 2.24) is 19.5 Å². The van der Waals surface area contributed by atoms with Gasteiger partial charge < -0.3 is 31.5 Å².